The van der Waals surface area contributed by atoms with Gasteiger partial charge in [0, 0.05) is 12.2 Å². The second kappa shape index (κ2) is 6.66. The summed E-state index contributed by atoms with van der Waals surface area (Å²) in [6.45, 7) is 10.4. The molecule has 0 fully saturated rings. The first kappa shape index (κ1) is 12.2. The van der Waals surface area contributed by atoms with Gasteiger partial charge >= 0.3 is 0 Å². The average Bonchev–Trinajstić information content (AvgIpc) is 2.02. The van der Waals surface area contributed by atoms with Crippen LogP contribution in [-0.4, -0.2) is 19.2 Å². The Kier molecular flexibility index (Phi) is 6.24. The topological polar surface area (TPSA) is 38.3 Å². The normalized spacial score (nSPS) is 10.2. The predicted molar refractivity (Wildman–Crippen MR) is 53.2 cm³/mol. The summed E-state index contributed by atoms with van der Waals surface area (Å²) in [4.78, 5) is 10.9. The molecule has 0 atom stereocenters. The first-order valence-corrected chi connectivity index (χ1v) is 4.55. The lowest BCUT2D eigenvalue weighted by atomic mass is 10.1. The van der Waals surface area contributed by atoms with Crippen molar-refractivity contribution >= 4 is 5.91 Å². The molecular formula is C10H19NO2. The predicted octanol–water partition coefficient (Wildman–Crippen LogP) is 1.70. The second-order valence-electron chi connectivity index (χ2n) is 3.52. The van der Waals surface area contributed by atoms with Crippen molar-refractivity contribution in [1.82, 2.24) is 5.32 Å². The Morgan fingerprint density at radius 1 is 1.54 bits per heavy atom. The molecule has 0 rings (SSSR count). The Bertz CT molecular complexity index is 176. The Morgan fingerprint density at radius 2 is 2.15 bits per heavy atom. The van der Waals surface area contributed by atoms with Gasteiger partial charge in [-0.25, -0.2) is 0 Å². The third kappa shape index (κ3) is 7.53. The molecule has 0 spiro atoms. The van der Waals surface area contributed by atoms with E-state index < -0.39 is 0 Å². The summed E-state index contributed by atoms with van der Waals surface area (Å²) in [5.74, 6) is 0.487. The van der Waals surface area contributed by atoms with Crippen molar-refractivity contribution in [3.63, 3.8) is 0 Å². The Morgan fingerprint density at radius 3 is 2.62 bits per heavy atom. The number of hydrogen-bond donors (Lipinski definition) is 1. The van der Waals surface area contributed by atoms with Gasteiger partial charge in [0.15, 0.2) is 0 Å². The van der Waals surface area contributed by atoms with E-state index in [1.807, 2.05) is 0 Å². The molecule has 0 aromatic rings. The van der Waals surface area contributed by atoms with Gasteiger partial charge in [-0.1, -0.05) is 20.4 Å². The van der Waals surface area contributed by atoms with E-state index in [-0.39, 0.29) is 12.6 Å². The highest BCUT2D eigenvalue weighted by Gasteiger charge is 1.99. The van der Waals surface area contributed by atoms with Crippen molar-refractivity contribution in [2.24, 2.45) is 5.92 Å². The molecule has 1 amide bonds. The van der Waals surface area contributed by atoms with Crippen LogP contribution in [0.5, 0.6) is 0 Å². The van der Waals surface area contributed by atoms with Crippen molar-refractivity contribution in [3.05, 3.63) is 12.2 Å². The largest absolute Gasteiger partial charge is 0.361 e. The minimum absolute atomic E-state index is 0.149. The molecule has 0 aliphatic heterocycles. The van der Waals surface area contributed by atoms with Gasteiger partial charge in [0.1, 0.15) is 6.73 Å². The zero-order valence-corrected chi connectivity index (χ0v) is 8.72. The minimum Gasteiger partial charge on any atom is -0.361 e. The summed E-state index contributed by atoms with van der Waals surface area (Å²) < 4.78 is 5.19. The molecule has 76 valence electrons. The number of ether oxygens (including phenoxy) is 1. The Hall–Kier alpha value is -0.830. The standard InChI is InChI=1S/C10H19NO2/c1-8(2)5-6-13-7-11-10(12)9(3)4/h8H,3,5-7H2,1-2,4H3,(H,11,12). The molecule has 0 aliphatic rings. The molecule has 3 nitrogen and oxygen atoms in total. The molecule has 0 aromatic heterocycles. The number of carbonyl (C=O) groups excluding carboxylic acids is 1. The monoisotopic (exact) mass is 185 g/mol. The van der Waals surface area contributed by atoms with Crippen LogP contribution in [0.3, 0.4) is 0 Å². The van der Waals surface area contributed by atoms with Crippen LogP contribution in [-0.2, 0) is 9.53 Å². The zero-order valence-electron chi connectivity index (χ0n) is 8.72. The number of nitrogens with one attached hydrogen (secondary N) is 1. The quantitative estimate of drug-likeness (QED) is 0.388. The number of carbonyl (C=O) groups is 1. The molecule has 3 heteroatoms. The second-order valence-corrected chi connectivity index (χ2v) is 3.52. The highest BCUT2D eigenvalue weighted by Crippen LogP contribution is 1.98. The molecule has 13 heavy (non-hydrogen) atoms. The Balaban J connectivity index is 3.26. The summed E-state index contributed by atoms with van der Waals surface area (Å²) in [6.07, 6.45) is 1.02. The highest BCUT2D eigenvalue weighted by atomic mass is 16.5. The van der Waals surface area contributed by atoms with Gasteiger partial charge in [-0.15, -0.1) is 0 Å². The summed E-state index contributed by atoms with van der Waals surface area (Å²) >= 11 is 0. The summed E-state index contributed by atoms with van der Waals surface area (Å²) in [5.41, 5.74) is 0.507. The SMILES string of the molecule is C=C(C)C(=O)NCOCCC(C)C. The maximum atomic E-state index is 10.9. The molecule has 0 radical (unpaired) electrons. The lowest BCUT2D eigenvalue weighted by Gasteiger charge is -2.07. The minimum atomic E-state index is -0.149. The van der Waals surface area contributed by atoms with Crippen LogP contribution in [0.1, 0.15) is 27.2 Å². The van der Waals surface area contributed by atoms with Gasteiger partial charge in [0.2, 0.25) is 5.91 Å². The Labute approximate surface area is 80.2 Å². The van der Waals surface area contributed by atoms with E-state index >= 15 is 0 Å². The first-order valence-electron chi connectivity index (χ1n) is 4.55. The van der Waals surface area contributed by atoms with Crippen LogP contribution in [0, 0.1) is 5.92 Å². The average molecular weight is 185 g/mol. The third-order valence-electron chi connectivity index (χ3n) is 1.56. The molecule has 0 bridgehead atoms. The van der Waals surface area contributed by atoms with Crippen LogP contribution < -0.4 is 5.32 Å². The summed E-state index contributed by atoms with van der Waals surface area (Å²) in [7, 11) is 0. The molecule has 0 saturated heterocycles. The maximum Gasteiger partial charge on any atom is 0.248 e. The zero-order chi connectivity index (χ0) is 10.3. The van der Waals surface area contributed by atoms with E-state index in [2.05, 4.69) is 25.7 Å². The van der Waals surface area contributed by atoms with Crippen molar-refractivity contribution in [3.8, 4) is 0 Å². The van der Waals surface area contributed by atoms with Gasteiger partial charge in [0.05, 0.1) is 0 Å². The van der Waals surface area contributed by atoms with Gasteiger partial charge in [-0.2, -0.15) is 0 Å². The van der Waals surface area contributed by atoms with Crippen LogP contribution in [0.2, 0.25) is 0 Å². The molecule has 0 unspecified atom stereocenters. The fourth-order valence-electron chi connectivity index (χ4n) is 0.659. The lowest BCUT2D eigenvalue weighted by Crippen LogP contribution is -2.26. The smallest absolute Gasteiger partial charge is 0.248 e. The molecule has 0 heterocycles. The van der Waals surface area contributed by atoms with E-state index in [1.54, 1.807) is 6.92 Å². The van der Waals surface area contributed by atoms with E-state index in [0.717, 1.165) is 6.42 Å². The number of amides is 1. The van der Waals surface area contributed by atoms with Crippen LogP contribution in [0.4, 0.5) is 0 Å². The molecule has 0 aromatic carbocycles. The molecule has 0 aliphatic carbocycles. The summed E-state index contributed by atoms with van der Waals surface area (Å²) in [6, 6.07) is 0. The van der Waals surface area contributed by atoms with E-state index in [4.69, 9.17) is 4.74 Å². The van der Waals surface area contributed by atoms with Gasteiger partial charge in [-0.05, 0) is 19.3 Å². The highest BCUT2D eigenvalue weighted by molar-refractivity contribution is 5.91. The van der Waals surface area contributed by atoms with Crippen molar-refractivity contribution in [2.45, 2.75) is 27.2 Å². The number of rotatable bonds is 6. The lowest BCUT2D eigenvalue weighted by molar-refractivity contribution is -0.119. The van der Waals surface area contributed by atoms with Gasteiger partial charge in [0.25, 0.3) is 0 Å². The third-order valence-corrected chi connectivity index (χ3v) is 1.56. The number of hydrogen-bond acceptors (Lipinski definition) is 2. The van der Waals surface area contributed by atoms with E-state index in [9.17, 15) is 4.79 Å². The maximum absolute atomic E-state index is 10.9. The van der Waals surface area contributed by atoms with Gasteiger partial charge in [-0.3, -0.25) is 4.79 Å². The summed E-state index contributed by atoms with van der Waals surface area (Å²) in [5, 5.41) is 2.60. The van der Waals surface area contributed by atoms with Gasteiger partial charge < -0.3 is 10.1 Å². The fourth-order valence-corrected chi connectivity index (χ4v) is 0.659. The van der Waals surface area contributed by atoms with E-state index in [0.29, 0.717) is 18.1 Å². The first-order chi connectivity index (χ1) is 6.04. The van der Waals surface area contributed by atoms with Crippen LogP contribution in [0.25, 0.3) is 0 Å². The van der Waals surface area contributed by atoms with Crippen molar-refractivity contribution < 1.29 is 9.53 Å². The molecule has 0 saturated carbocycles. The van der Waals surface area contributed by atoms with E-state index in [1.165, 1.54) is 0 Å². The molecular weight excluding hydrogens is 166 g/mol. The molecule has 1 N–H and O–H groups in total. The van der Waals surface area contributed by atoms with Crippen LogP contribution >= 0.6 is 0 Å². The van der Waals surface area contributed by atoms with Crippen molar-refractivity contribution in [1.29, 1.82) is 0 Å². The van der Waals surface area contributed by atoms with Crippen LogP contribution in [0.15, 0.2) is 12.2 Å². The van der Waals surface area contributed by atoms with Crippen molar-refractivity contribution in [2.75, 3.05) is 13.3 Å². The fraction of sp³-hybridized carbons (Fsp3) is 0.700.